The van der Waals surface area contributed by atoms with E-state index in [2.05, 4.69) is 27.4 Å². The molecule has 3 saturated carbocycles. The Balaban J connectivity index is 1.07. The van der Waals surface area contributed by atoms with E-state index >= 15 is 0 Å². The number of aromatic nitrogens is 3. The number of carboxylic acids is 1. The van der Waals surface area contributed by atoms with Crippen molar-refractivity contribution in [2.45, 2.75) is 103 Å². The highest BCUT2D eigenvalue weighted by Crippen LogP contribution is 2.52. The molecule has 3 amide bonds. The molecule has 3 aliphatic carbocycles. The summed E-state index contributed by atoms with van der Waals surface area (Å²) < 4.78 is 25.9. The largest absolute Gasteiger partial charge is 0.492 e. The Hall–Kier alpha value is -5.42. The molecule has 62 heavy (non-hydrogen) atoms. The number of benzene rings is 1. The minimum atomic E-state index is -1.52. The maximum Gasteiger partial charge on any atom is 0.408 e. The number of fused-ring (bicyclic) bond motifs is 2. The molecular formula is C45H60N8O9. The summed E-state index contributed by atoms with van der Waals surface area (Å²) in [6.45, 7) is 17.6. The lowest BCUT2D eigenvalue weighted by molar-refractivity contribution is -0.146. The topological polar surface area (TPSA) is 199 Å². The number of hydrogen-bond donors (Lipinski definition) is 4. The van der Waals surface area contributed by atoms with Gasteiger partial charge in [0.05, 0.1) is 25.3 Å². The first-order valence-corrected chi connectivity index (χ1v) is 21.9. The van der Waals surface area contributed by atoms with Crippen LogP contribution in [0.3, 0.4) is 0 Å². The van der Waals surface area contributed by atoms with Crippen LogP contribution in [0, 0.1) is 23.2 Å². The van der Waals surface area contributed by atoms with Crippen LogP contribution in [0.15, 0.2) is 49.2 Å². The van der Waals surface area contributed by atoms with E-state index in [0.29, 0.717) is 65.7 Å². The summed E-state index contributed by atoms with van der Waals surface area (Å²) in [5.41, 5.74) is -1.73. The summed E-state index contributed by atoms with van der Waals surface area (Å²) in [5.74, 6) is 0.645. The maximum absolute atomic E-state index is 14.8. The molecule has 2 aliphatic heterocycles. The van der Waals surface area contributed by atoms with Crippen LogP contribution in [-0.2, 0) is 23.9 Å². The van der Waals surface area contributed by atoms with Crippen LogP contribution in [0.1, 0.15) is 66.7 Å². The van der Waals surface area contributed by atoms with E-state index in [1.807, 2.05) is 58.9 Å². The molecule has 334 valence electrons. The van der Waals surface area contributed by atoms with Gasteiger partial charge >= 0.3 is 12.1 Å². The highest BCUT2D eigenvalue weighted by Gasteiger charge is 2.61. The number of carbonyl (C=O) groups excluding carboxylic acids is 3. The zero-order valence-electron chi connectivity index (χ0n) is 36.3. The Kier molecular flexibility index (Phi) is 12.1. The van der Waals surface area contributed by atoms with Crippen LogP contribution in [0.25, 0.3) is 16.7 Å². The molecule has 5 aliphatic rings. The van der Waals surface area contributed by atoms with E-state index in [1.165, 1.54) is 17.4 Å². The van der Waals surface area contributed by atoms with Crippen molar-refractivity contribution in [3.8, 4) is 17.3 Å². The number of ether oxygens (including phenoxy) is 4. The number of hydrogen-bond acceptors (Lipinski definition) is 12. The normalized spacial score (nSPS) is 27.3. The van der Waals surface area contributed by atoms with Crippen molar-refractivity contribution in [3.05, 3.63) is 49.2 Å². The van der Waals surface area contributed by atoms with Crippen LogP contribution < -0.4 is 25.4 Å². The second-order valence-electron chi connectivity index (χ2n) is 18.9. The lowest BCUT2D eigenvalue weighted by Crippen LogP contribution is -2.59. The first-order valence-electron chi connectivity index (χ1n) is 21.9. The standard InChI is InChI=1S/C45H60N8O9/c1-7-29-24-45(29,42(56)57)49-40(54)35-22-32(25-52(35)41(55)39(44(4,5)6)48-43(58)62-31-19-27-18-28(27)20-31)61-36-23-38(53-11-10-37(50-53)46-26(2)3)47-34-21-30(8-9-33(34)36)60-17-14-51-12-15-59-16-13-51/h7-11,21,23,26-29,31-32,35,39H,1,12-20,22,24-25H2,2-6H3,(H,46,50)(H,48,58)(H,49,54)(H,56,57)/t27-,28?,29+,31?,32+,35-,39+,45+/m0/s1. The van der Waals surface area contributed by atoms with Crippen molar-refractivity contribution in [3.63, 3.8) is 0 Å². The van der Waals surface area contributed by atoms with Crippen LogP contribution in [0.2, 0.25) is 0 Å². The van der Waals surface area contributed by atoms with Crippen LogP contribution >= 0.6 is 0 Å². The number of aliphatic carboxylic acids is 1. The van der Waals surface area contributed by atoms with Gasteiger partial charge in [-0.3, -0.25) is 14.5 Å². The number of nitrogens with one attached hydrogen (secondary N) is 3. The van der Waals surface area contributed by atoms with Crippen molar-refractivity contribution in [1.82, 2.24) is 35.2 Å². The molecule has 0 spiro atoms. The van der Waals surface area contributed by atoms with Crippen molar-refractivity contribution in [2.75, 3.05) is 51.3 Å². The lowest BCUT2D eigenvalue weighted by Gasteiger charge is -2.35. The molecule has 2 unspecified atom stereocenters. The van der Waals surface area contributed by atoms with E-state index in [4.69, 9.17) is 29.0 Å². The number of amides is 3. The fraction of sp³-hybridized carbons (Fsp3) is 0.600. The van der Waals surface area contributed by atoms with E-state index in [-0.39, 0.29) is 31.5 Å². The van der Waals surface area contributed by atoms with Gasteiger partial charge in [-0.25, -0.2) is 19.3 Å². The zero-order chi connectivity index (χ0) is 43.9. The summed E-state index contributed by atoms with van der Waals surface area (Å²) in [6, 6.07) is 7.18. The predicted molar refractivity (Wildman–Crippen MR) is 229 cm³/mol. The molecule has 5 fully saturated rings. The first-order chi connectivity index (χ1) is 29.6. The molecule has 8 rings (SSSR count). The summed E-state index contributed by atoms with van der Waals surface area (Å²) in [4.78, 5) is 63.5. The van der Waals surface area contributed by atoms with Crippen molar-refractivity contribution in [1.29, 1.82) is 0 Å². The van der Waals surface area contributed by atoms with Gasteiger partial charge in [0.15, 0.2) is 5.82 Å². The monoisotopic (exact) mass is 856 g/mol. The van der Waals surface area contributed by atoms with Crippen LogP contribution in [0.5, 0.6) is 11.5 Å². The molecule has 2 aromatic heterocycles. The fourth-order valence-corrected chi connectivity index (χ4v) is 9.16. The third-order valence-electron chi connectivity index (χ3n) is 12.8. The summed E-state index contributed by atoms with van der Waals surface area (Å²) in [6.07, 6.45) is 4.77. The number of carboxylic acid groups (broad SMARTS) is 1. The second-order valence-corrected chi connectivity index (χ2v) is 18.9. The smallest absolute Gasteiger partial charge is 0.408 e. The number of alkyl carbamates (subject to hydrolysis) is 1. The van der Waals surface area contributed by atoms with E-state index in [0.717, 1.165) is 32.5 Å². The molecule has 0 radical (unpaired) electrons. The van der Waals surface area contributed by atoms with Gasteiger partial charge in [-0.1, -0.05) is 26.8 Å². The Bertz CT molecular complexity index is 2170. The molecule has 2 saturated heterocycles. The minimum Gasteiger partial charge on any atom is -0.492 e. The third-order valence-corrected chi connectivity index (χ3v) is 12.8. The molecule has 0 bridgehead atoms. The molecule has 17 nitrogen and oxygen atoms in total. The average Bonchev–Trinajstić information content (AvgIpc) is 3.89. The number of nitrogens with zero attached hydrogens (tertiary/aromatic N) is 5. The van der Waals surface area contributed by atoms with Crippen molar-refractivity contribution in [2.24, 2.45) is 23.2 Å². The molecule has 17 heteroatoms. The molecule has 3 aromatic rings. The Morgan fingerprint density at radius 2 is 1.81 bits per heavy atom. The van der Waals surface area contributed by atoms with Gasteiger partial charge in [-0.15, -0.1) is 11.7 Å². The summed E-state index contributed by atoms with van der Waals surface area (Å²) in [7, 11) is 0. The van der Waals surface area contributed by atoms with Gasteiger partial charge in [-0.2, -0.15) is 0 Å². The zero-order valence-corrected chi connectivity index (χ0v) is 36.3. The van der Waals surface area contributed by atoms with Gasteiger partial charge in [-0.05, 0) is 68.9 Å². The number of likely N-dealkylation sites (tertiary alicyclic amines) is 1. The number of pyridine rings is 1. The third kappa shape index (κ3) is 9.48. The van der Waals surface area contributed by atoms with Crippen molar-refractivity contribution < 1.29 is 43.2 Å². The quantitative estimate of drug-likeness (QED) is 0.148. The second kappa shape index (κ2) is 17.4. The molecular weight excluding hydrogens is 797 g/mol. The van der Waals surface area contributed by atoms with Gasteiger partial charge in [0, 0.05) is 67.8 Å². The van der Waals surface area contributed by atoms with E-state index < -0.39 is 58.9 Å². The maximum atomic E-state index is 14.8. The molecule has 4 N–H and O–H groups in total. The van der Waals surface area contributed by atoms with Crippen LogP contribution in [-0.4, -0.2) is 135 Å². The van der Waals surface area contributed by atoms with Gasteiger partial charge < -0.3 is 44.9 Å². The summed E-state index contributed by atoms with van der Waals surface area (Å²) >= 11 is 0. The average molecular weight is 857 g/mol. The van der Waals surface area contributed by atoms with E-state index in [1.54, 1.807) is 16.9 Å². The molecule has 4 heterocycles. The van der Waals surface area contributed by atoms with E-state index in [9.17, 15) is 24.3 Å². The Labute approximate surface area is 361 Å². The summed E-state index contributed by atoms with van der Waals surface area (Å²) in [5, 5.41) is 24.4. The minimum absolute atomic E-state index is 0.0245. The predicted octanol–water partition coefficient (Wildman–Crippen LogP) is 4.39. The van der Waals surface area contributed by atoms with Crippen molar-refractivity contribution >= 4 is 40.6 Å². The Morgan fingerprint density at radius 3 is 2.48 bits per heavy atom. The van der Waals surface area contributed by atoms with Crippen LogP contribution in [0.4, 0.5) is 10.6 Å². The number of morpholine rings is 1. The Morgan fingerprint density at radius 1 is 1.05 bits per heavy atom. The first kappa shape index (κ1) is 43.2. The number of carbonyl (C=O) groups is 4. The van der Waals surface area contributed by atoms with Gasteiger partial charge in [0.2, 0.25) is 11.8 Å². The number of rotatable bonds is 16. The highest BCUT2D eigenvalue weighted by molar-refractivity contribution is 5.96. The highest BCUT2D eigenvalue weighted by atomic mass is 16.6. The molecule has 1 aromatic carbocycles. The van der Waals surface area contributed by atoms with Gasteiger partial charge in [0.1, 0.15) is 53.8 Å². The fourth-order valence-electron chi connectivity index (χ4n) is 9.16. The van der Waals surface area contributed by atoms with Gasteiger partial charge in [0.25, 0.3) is 0 Å². The number of anilines is 1. The lowest BCUT2D eigenvalue weighted by atomic mass is 9.85. The molecule has 8 atom stereocenters. The SMILES string of the molecule is C=C[C@@H]1C[C@]1(NC(=O)[C@@H]1C[C@@H](Oc2cc(-n3ccc(NC(C)C)n3)nc3cc(OCCN4CCOCC4)ccc23)CN1C(=O)[C@@H](NC(=O)OC1CC2C[C@H]2C1)C(C)(C)C)C(=O)O.